The van der Waals surface area contributed by atoms with E-state index in [1.807, 2.05) is 12.1 Å². The number of morpholine rings is 1. The molecule has 1 aliphatic rings. The zero-order valence-corrected chi connectivity index (χ0v) is 14.5. The topological polar surface area (TPSA) is 54.5 Å². The minimum atomic E-state index is -0.265. The van der Waals surface area contributed by atoms with Crippen LogP contribution in [-0.4, -0.2) is 37.2 Å². The van der Waals surface area contributed by atoms with E-state index in [2.05, 4.69) is 15.2 Å². The third kappa shape index (κ3) is 3.80. The maximum absolute atomic E-state index is 12.4. The van der Waals surface area contributed by atoms with Gasteiger partial charge >= 0.3 is 0 Å². The summed E-state index contributed by atoms with van der Waals surface area (Å²) in [5, 5.41) is 3.50. The van der Waals surface area contributed by atoms with Crippen LogP contribution in [0.15, 0.2) is 36.5 Å². The molecule has 1 aliphatic heterocycles. The largest absolute Gasteiger partial charge is 0.378 e. The highest BCUT2D eigenvalue weighted by Crippen LogP contribution is 2.25. The lowest BCUT2D eigenvalue weighted by Gasteiger charge is -2.29. The number of nitrogens with zero attached hydrogens (tertiary/aromatic N) is 2. The summed E-state index contributed by atoms with van der Waals surface area (Å²) in [6, 6.07) is 8.82. The van der Waals surface area contributed by atoms with E-state index in [0.29, 0.717) is 30.3 Å². The van der Waals surface area contributed by atoms with Gasteiger partial charge in [0.25, 0.3) is 5.91 Å². The molecule has 0 saturated carbocycles. The number of benzene rings is 1. The number of hydrogen-bond acceptors (Lipinski definition) is 4. The Hall–Kier alpha value is -1.82. The monoisotopic (exact) mass is 365 g/mol. The van der Waals surface area contributed by atoms with Crippen molar-refractivity contribution in [1.82, 2.24) is 10.3 Å². The van der Waals surface area contributed by atoms with Gasteiger partial charge in [-0.1, -0.05) is 35.3 Å². The van der Waals surface area contributed by atoms with Gasteiger partial charge in [0.2, 0.25) is 0 Å². The molecule has 0 unspecified atom stereocenters. The first kappa shape index (κ1) is 17.0. The fourth-order valence-corrected chi connectivity index (χ4v) is 2.96. The minimum absolute atomic E-state index is 0.260. The Labute approximate surface area is 150 Å². The van der Waals surface area contributed by atoms with Crippen molar-refractivity contribution in [2.75, 3.05) is 31.2 Å². The van der Waals surface area contributed by atoms with E-state index in [0.717, 1.165) is 24.5 Å². The molecule has 1 aromatic carbocycles. The summed E-state index contributed by atoms with van der Waals surface area (Å²) in [4.78, 5) is 19.0. The molecule has 0 aliphatic carbocycles. The Bertz CT molecular complexity index is 734. The predicted molar refractivity (Wildman–Crippen MR) is 94.9 cm³/mol. The van der Waals surface area contributed by atoms with Crippen molar-refractivity contribution in [3.8, 4) is 0 Å². The van der Waals surface area contributed by atoms with Crippen LogP contribution in [-0.2, 0) is 11.3 Å². The van der Waals surface area contributed by atoms with Gasteiger partial charge in [-0.2, -0.15) is 0 Å². The first-order valence-electron chi connectivity index (χ1n) is 7.65. The summed E-state index contributed by atoms with van der Waals surface area (Å²) in [6.45, 7) is 3.30. The third-order valence-electron chi connectivity index (χ3n) is 3.81. The van der Waals surface area contributed by atoms with Crippen LogP contribution >= 0.6 is 23.2 Å². The molecule has 1 amide bonds. The van der Waals surface area contributed by atoms with E-state index in [-0.39, 0.29) is 10.9 Å². The molecule has 0 bridgehead atoms. The summed E-state index contributed by atoms with van der Waals surface area (Å²) in [7, 11) is 0. The molecule has 1 fully saturated rings. The van der Waals surface area contributed by atoms with E-state index in [1.165, 1.54) is 0 Å². The maximum Gasteiger partial charge on any atom is 0.253 e. The molecule has 0 atom stereocenters. The molecular formula is C17H17Cl2N3O2. The number of carbonyl (C=O) groups is 1. The van der Waals surface area contributed by atoms with Gasteiger partial charge in [-0.25, -0.2) is 4.98 Å². The molecule has 1 aromatic heterocycles. The highest BCUT2D eigenvalue weighted by molar-refractivity contribution is 6.43. The van der Waals surface area contributed by atoms with Crippen molar-refractivity contribution in [2.45, 2.75) is 6.54 Å². The second kappa shape index (κ2) is 7.83. The smallest absolute Gasteiger partial charge is 0.253 e. The second-order valence-corrected chi connectivity index (χ2v) is 6.15. The average Bonchev–Trinajstić information content (AvgIpc) is 2.63. The number of halogens is 2. The zero-order chi connectivity index (χ0) is 16.9. The SMILES string of the molecule is O=C(NCc1cccnc1N1CCOCC1)c1cccc(Cl)c1Cl. The number of anilines is 1. The van der Waals surface area contributed by atoms with Gasteiger partial charge in [-0.3, -0.25) is 4.79 Å². The average molecular weight is 366 g/mol. The van der Waals surface area contributed by atoms with Crippen LogP contribution in [0.25, 0.3) is 0 Å². The lowest BCUT2D eigenvalue weighted by molar-refractivity contribution is 0.0951. The number of hydrogen-bond donors (Lipinski definition) is 1. The maximum atomic E-state index is 12.4. The van der Waals surface area contributed by atoms with E-state index in [4.69, 9.17) is 27.9 Å². The number of amides is 1. The summed E-state index contributed by atoms with van der Waals surface area (Å²) >= 11 is 12.1. The molecule has 2 aromatic rings. The number of carbonyl (C=O) groups excluding carboxylic acids is 1. The molecule has 24 heavy (non-hydrogen) atoms. The van der Waals surface area contributed by atoms with Gasteiger partial charge in [0.15, 0.2) is 0 Å². The standard InChI is InChI=1S/C17H17Cl2N3O2/c18-14-5-1-4-13(15(14)19)17(23)21-11-12-3-2-6-20-16(12)22-7-9-24-10-8-22/h1-6H,7-11H2,(H,21,23). The summed E-state index contributed by atoms with van der Waals surface area (Å²) in [5.41, 5.74) is 1.31. The predicted octanol–water partition coefficient (Wildman–Crippen LogP) is 3.16. The van der Waals surface area contributed by atoms with Gasteiger partial charge in [0, 0.05) is 31.4 Å². The van der Waals surface area contributed by atoms with Crippen LogP contribution in [0.1, 0.15) is 15.9 Å². The first-order chi connectivity index (χ1) is 11.7. The molecule has 5 nitrogen and oxygen atoms in total. The van der Waals surface area contributed by atoms with Crippen molar-refractivity contribution in [2.24, 2.45) is 0 Å². The molecule has 2 heterocycles. The number of ether oxygens (including phenoxy) is 1. The van der Waals surface area contributed by atoms with Crippen molar-refractivity contribution < 1.29 is 9.53 Å². The molecular weight excluding hydrogens is 349 g/mol. The molecule has 3 rings (SSSR count). The van der Waals surface area contributed by atoms with E-state index in [9.17, 15) is 4.79 Å². The van der Waals surface area contributed by atoms with E-state index in [1.54, 1.807) is 24.4 Å². The lowest BCUT2D eigenvalue weighted by Crippen LogP contribution is -2.37. The zero-order valence-electron chi connectivity index (χ0n) is 13.0. The normalized spacial score (nSPS) is 14.5. The fraction of sp³-hybridized carbons (Fsp3) is 0.294. The van der Waals surface area contributed by atoms with Gasteiger partial charge in [0.05, 0.1) is 28.8 Å². The Kier molecular flexibility index (Phi) is 5.56. The van der Waals surface area contributed by atoms with Crippen LogP contribution in [0.4, 0.5) is 5.82 Å². The Morgan fingerprint density at radius 2 is 2.00 bits per heavy atom. The molecule has 0 spiro atoms. The van der Waals surface area contributed by atoms with Crippen LogP contribution in [0.3, 0.4) is 0 Å². The van der Waals surface area contributed by atoms with Gasteiger partial charge in [-0.15, -0.1) is 0 Å². The highest BCUT2D eigenvalue weighted by atomic mass is 35.5. The van der Waals surface area contributed by atoms with Crippen LogP contribution in [0, 0.1) is 0 Å². The van der Waals surface area contributed by atoms with Crippen LogP contribution in [0.2, 0.25) is 10.0 Å². The fourth-order valence-electron chi connectivity index (χ4n) is 2.58. The van der Waals surface area contributed by atoms with E-state index < -0.39 is 0 Å². The van der Waals surface area contributed by atoms with Crippen molar-refractivity contribution in [3.63, 3.8) is 0 Å². The van der Waals surface area contributed by atoms with Crippen molar-refractivity contribution in [1.29, 1.82) is 0 Å². The quantitative estimate of drug-likeness (QED) is 0.903. The summed E-state index contributed by atoms with van der Waals surface area (Å²) in [6.07, 6.45) is 1.75. The molecule has 1 N–H and O–H groups in total. The molecule has 126 valence electrons. The number of aromatic nitrogens is 1. The minimum Gasteiger partial charge on any atom is -0.378 e. The second-order valence-electron chi connectivity index (χ2n) is 5.37. The van der Waals surface area contributed by atoms with Crippen LogP contribution in [0.5, 0.6) is 0 Å². The Morgan fingerprint density at radius 3 is 2.79 bits per heavy atom. The number of pyridine rings is 1. The first-order valence-corrected chi connectivity index (χ1v) is 8.41. The van der Waals surface area contributed by atoms with Crippen molar-refractivity contribution >= 4 is 34.9 Å². The van der Waals surface area contributed by atoms with Crippen LogP contribution < -0.4 is 10.2 Å². The third-order valence-corrected chi connectivity index (χ3v) is 4.63. The Morgan fingerprint density at radius 1 is 1.21 bits per heavy atom. The van der Waals surface area contributed by atoms with Gasteiger partial charge < -0.3 is 15.0 Å². The molecule has 7 heteroatoms. The summed E-state index contributed by atoms with van der Waals surface area (Å²) < 4.78 is 5.38. The van der Waals surface area contributed by atoms with Gasteiger partial charge in [-0.05, 0) is 18.2 Å². The van der Waals surface area contributed by atoms with Gasteiger partial charge in [0.1, 0.15) is 5.82 Å². The highest BCUT2D eigenvalue weighted by Gasteiger charge is 2.17. The Balaban J connectivity index is 1.72. The lowest BCUT2D eigenvalue weighted by atomic mass is 10.2. The molecule has 1 saturated heterocycles. The number of rotatable bonds is 4. The van der Waals surface area contributed by atoms with E-state index >= 15 is 0 Å². The summed E-state index contributed by atoms with van der Waals surface area (Å²) in [5.74, 6) is 0.609. The number of nitrogens with one attached hydrogen (secondary N) is 1. The molecule has 0 radical (unpaired) electrons. The van der Waals surface area contributed by atoms with Crippen molar-refractivity contribution in [3.05, 3.63) is 57.7 Å².